The van der Waals surface area contributed by atoms with Gasteiger partial charge in [-0.05, 0) is 42.3 Å². The second kappa shape index (κ2) is 4.92. The summed E-state index contributed by atoms with van der Waals surface area (Å²) < 4.78 is 28.2. The van der Waals surface area contributed by atoms with E-state index in [4.69, 9.17) is 5.73 Å². The summed E-state index contributed by atoms with van der Waals surface area (Å²) in [5.41, 5.74) is 8.76. The topological polar surface area (TPSA) is 43.8 Å². The Hall–Kier alpha value is -2.43. The number of aromatic nitrogens is 2. The number of anilines is 1. The summed E-state index contributed by atoms with van der Waals surface area (Å²) in [6.07, 6.45) is 2.24. The molecule has 0 atom stereocenters. The molecule has 0 unspecified atom stereocenters. The average molecular weight is 273 g/mol. The first-order valence-electron chi connectivity index (χ1n) is 6.27. The molecule has 1 heterocycles. The van der Waals surface area contributed by atoms with E-state index in [1.165, 1.54) is 12.1 Å². The lowest BCUT2D eigenvalue weighted by atomic mass is 10.1. The molecule has 102 valence electrons. The minimum Gasteiger partial charge on any atom is -0.399 e. The molecule has 0 saturated heterocycles. The number of halogens is 2. The van der Waals surface area contributed by atoms with Crippen LogP contribution < -0.4 is 5.73 Å². The molecule has 0 saturated carbocycles. The Morgan fingerprint density at radius 3 is 2.55 bits per heavy atom. The van der Waals surface area contributed by atoms with E-state index in [0.717, 1.165) is 17.1 Å². The highest BCUT2D eigenvalue weighted by Gasteiger charge is 2.05. The highest BCUT2D eigenvalue weighted by molar-refractivity contribution is 5.78. The third kappa shape index (κ3) is 2.47. The molecule has 3 aromatic rings. The standard InChI is InChI=1S/C15H13F2N3/c16-11-5-10(6-12(17)7-11)3-4-20-9-19-14-8-13(18)1-2-15(14)20/h1-2,5-9H,3-4,18H2. The lowest BCUT2D eigenvalue weighted by Crippen LogP contribution is -2.00. The Kier molecular flexibility index (Phi) is 3.10. The molecule has 0 bridgehead atoms. The molecule has 0 spiro atoms. The van der Waals surface area contributed by atoms with E-state index < -0.39 is 11.6 Å². The van der Waals surface area contributed by atoms with Gasteiger partial charge < -0.3 is 10.3 Å². The maximum atomic E-state index is 13.1. The zero-order chi connectivity index (χ0) is 14.1. The van der Waals surface area contributed by atoms with Gasteiger partial charge in [0.1, 0.15) is 11.6 Å². The first kappa shape index (κ1) is 12.6. The number of aryl methyl sites for hydroxylation is 2. The van der Waals surface area contributed by atoms with Gasteiger partial charge in [0.25, 0.3) is 0 Å². The van der Waals surface area contributed by atoms with Crippen molar-refractivity contribution in [3.63, 3.8) is 0 Å². The zero-order valence-corrected chi connectivity index (χ0v) is 10.7. The summed E-state index contributed by atoms with van der Waals surface area (Å²) in [7, 11) is 0. The van der Waals surface area contributed by atoms with Crippen molar-refractivity contribution in [2.75, 3.05) is 5.73 Å². The molecule has 0 aliphatic carbocycles. The number of fused-ring (bicyclic) bond motifs is 1. The number of nitrogens with two attached hydrogens (primary N) is 1. The quantitative estimate of drug-likeness (QED) is 0.745. The van der Waals surface area contributed by atoms with Crippen LogP contribution in [-0.4, -0.2) is 9.55 Å². The van der Waals surface area contributed by atoms with Gasteiger partial charge in [0.05, 0.1) is 17.4 Å². The van der Waals surface area contributed by atoms with Crippen LogP contribution >= 0.6 is 0 Å². The Balaban J connectivity index is 1.83. The Morgan fingerprint density at radius 2 is 1.80 bits per heavy atom. The van der Waals surface area contributed by atoms with E-state index in [0.29, 0.717) is 24.2 Å². The fraction of sp³-hybridized carbons (Fsp3) is 0.133. The first-order chi connectivity index (χ1) is 9.61. The Morgan fingerprint density at radius 1 is 1.05 bits per heavy atom. The van der Waals surface area contributed by atoms with Crippen molar-refractivity contribution in [3.05, 3.63) is 59.9 Å². The SMILES string of the molecule is Nc1ccc2c(c1)ncn2CCc1cc(F)cc(F)c1. The van der Waals surface area contributed by atoms with Crippen LogP contribution in [0.2, 0.25) is 0 Å². The van der Waals surface area contributed by atoms with Crippen LogP contribution in [0.4, 0.5) is 14.5 Å². The Labute approximate surface area is 114 Å². The summed E-state index contributed by atoms with van der Waals surface area (Å²) in [4.78, 5) is 4.26. The summed E-state index contributed by atoms with van der Waals surface area (Å²) in [6, 6.07) is 9.07. The number of nitrogens with zero attached hydrogens (tertiary/aromatic N) is 2. The van der Waals surface area contributed by atoms with Gasteiger partial charge in [0.15, 0.2) is 0 Å². The van der Waals surface area contributed by atoms with E-state index >= 15 is 0 Å². The molecule has 0 fully saturated rings. The monoisotopic (exact) mass is 273 g/mol. The molecular formula is C15H13F2N3. The van der Waals surface area contributed by atoms with E-state index in [1.54, 1.807) is 12.4 Å². The van der Waals surface area contributed by atoms with Crippen molar-refractivity contribution >= 4 is 16.7 Å². The normalized spacial score (nSPS) is 11.1. The Bertz CT molecular complexity index is 745. The van der Waals surface area contributed by atoms with Crippen molar-refractivity contribution in [2.24, 2.45) is 0 Å². The maximum absolute atomic E-state index is 13.1. The molecule has 5 heteroatoms. The van der Waals surface area contributed by atoms with Crippen LogP contribution in [0.15, 0.2) is 42.7 Å². The summed E-state index contributed by atoms with van der Waals surface area (Å²) in [6.45, 7) is 0.601. The predicted octanol–water partition coefficient (Wildman–Crippen LogP) is 3.14. The van der Waals surface area contributed by atoms with Crippen molar-refractivity contribution in [2.45, 2.75) is 13.0 Å². The molecule has 1 aromatic heterocycles. The van der Waals surface area contributed by atoms with Crippen LogP contribution in [0.3, 0.4) is 0 Å². The van der Waals surface area contributed by atoms with E-state index in [2.05, 4.69) is 4.98 Å². The first-order valence-corrected chi connectivity index (χ1v) is 6.27. The zero-order valence-electron chi connectivity index (χ0n) is 10.7. The molecule has 20 heavy (non-hydrogen) atoms. The average Bonchev–Trinajstić information content (AvgIpc) is 2.77. The van der Waals surface area contributed by atoms with Gasteiger partial charge in [-0.15, -0.1) is 0 Å². The van der Waals surface area contributed by atoms with Gasteiger partial charge in [-0.2, -0.15) is 0 Å². The van der Waals surface area contributed by atoms with Crippen LogP contribution in [-0.2, 0) is 13.0 Å². The van der Waals surface area contributed by atoms with Crippen molar-refractivity contribution in [1.29, 1.82) is 0 Å². The van der Waals surface area contributed by atoms with Gasteiger partial charge in [-0.25, -0.2) is 13.8 Å². The molecule has 0 amide bonds. The van der Waals surface area contributed by atoms with E-state index in [9.17, 15) is 8.78 Å². The van der Waals surface area contributed by atoms with Gasteiger partial charge in [-0.3, -0.25) is 0 Å². The van der Waals surface area contributed by atoms with E-state index in [1.807, 2.05) is 16.7 Å². The smallest absolute Gasteiger partial charge is 0.126 e. The molecule has 2 N–H and O–H groups in total. The molecule has 0 radical (unpaired) electrons. The van der Waals surface area contributed by atoms with Crippen molar-refractivity contribution < 1.29 is 8.78 Å². The minimum atomic E-state index is -0.553. The van der Waals surface area contributed by atoms with Gasteiger partial charge in [0, 0.05) is 18.3 Å². The second-order valence-corrected chi connectivity index (χ2v) is 4.71. The number of rotatable bonds is 3. The fourth-order valence-corrected chi connectivity index (χ4v) is 2.26. The summed E-state index contributed by atoms with van der Waals surface area (Å²) >= 11 is 0. The lowest BCUT2D eigenvalue weighted by Gasteiger charge is -2.05. The van der Waals surface area contributed by atoms with Crippen LogP contribution in [0.1, 0.15) is 5.56 Å². The largest absolute Gasteiger partial charge is 0.399 e. The third-order valence-electron chi connectivity index (χ3n) is 3.21. The number of hydrogen-bond acceptors (Lipinski definition) is 2. The lowest BCUT2D eigenvalue weighted by molar-refractivity contribution is 0.577. The highest BCUT2D eigenvalue weighted by atomic mass is 19.1. The summed E-state index contributed by atoms with van der Waals surface area (Å²) in [5.74, 6) is -1.11. The molecule has 0 aliphatic rings. The van der Waals surface area contributed by atoms with Crippen molar-refractivity contribution in [1.82, 2.24) is 9.55 Å². The third-order valence-corrected chi connectivity index (χ3v) is 3.21. The van der Waals surface area contributed by atoms with E-state index in [-0.39, 0.29) is 0 Å². The number of benzene rings is 2. The number of nitrogen functional groups attached to an aromatic ring is 1. The minimum absolute atomic E-state index is 0.532. The molecular weight excluding hydrogens is 260 g/mol. The van der Waals surface area contributed by atoms with Gasteiger partial charge in [-0.1, -0.05) is 0 Å². The number of imidazole rings is 1. The molecule has 3 rings (SSSR count). The molecule has 3 nitrogen and oxygen atoms in total. The second-order valence-electron chi connectivity index (χ2n) is 4.71. The molecule has 0 aliphatic heterocycles. The summed E-state index contributed by atoms with van der Waals surface area (Å²) in [5, 5.41) is 0. The van der Waals surface area contributed by atoms with Crippen LogP contribution in [0, 0.1) is 11.6 Å². The predicted molar refractivity (Wildman–Crippen MR) is 74.2 cm³/mol. The van der Waals surface area contributed by atoms with Crippen LogP contribution in [0.25, 0.3) is 11.0 Å². The van der Waals surface area contributed by atoms with Gasteiger partial charge in [0.2, 0.25) is 0 Å². The fourth-order valence-electron chi connectivity index (χ4n) is 2.26. The van der Waals surface area contributed by atoms with Crippen molar-refractivity contribution in [3.8, 4) is 0 Å². The maximum Gasteiger partial charge on any atom is 0.126 e. The number of hydrogen-bond donors (Lipinski definition) is 1. The molecule has 2 aromatic carbocycles. The highest BCUT2D eigenvalue weighted by Crippen LogP contribution is 2.17. The van der Waals surface area contributed by atoms with Crippen LogP contribution in [0.5, 0.6) is 0 Å². The van der Waals surface area contributed by atoms with Gasteiger partial charge >= 0.3 is 0 Å².